The van der Waals surface area contributed by atoms with Gasteiger partial charge in [-0.1, -0.05) is 24.3 Å². The Balaban J connectivity index is 1.89. The predicted molar refractivity (Wildman–Crippen MR) is 130 cm³/mol. The Labute approximate surface area is 194 Å². The molecule has 1 aliphatic heterocycles. The molecule has 0 radical (unpaired) electrons. The fourth-order valence-corrected chi connectivity index (χ4v) is 4.33. The van der Waals surface area contributed by atoms with Gasteiger partial charge < -0.3 is 19.7 Å². The second-order valence-electron chi connectivity index (χ2n) is 9.00. The molecule has 0 bridgehead atoms. The summed E-state index contributed by atoms with van der Waals surface area (Å²) >= 11 is 0. The Morgan fingerprint density at radius 1 is 1.00 bits per heavy atom. The molecule has 0 fully saturated rings. The zero-order chi connectivity index (χ0) is 23.9. The number of methoxy groups -OCH3 is 1. The molecule has 5 nitrogen and oxygen atoms in total. The molecule has 0 unspecified atom stereocenters. The second kappa shape index (κ2) is 8.43. The van der Waals surface area contributed by atoms with Crippen LogP contribution in [0.15, 0.2) is 48.5 Å². The Morgan fingerprint density at radius 3 is 2.45 bits per heavy atom. The van der Waals surface area contributed by atoms with Crippen molar-refractivity contribution in [1.29, 1.82) is 0 Å². The third-order valence-electron chi connectivity index (χ3n) is 6.07. The maximum atomic E-state index is 13.9. The summed E-state index contributed by atoms with van der Waals surface area (Å²) in [4.78, 5) is 14.8. The number of ether oxygens (including phenoxy) is 2. The highest BCUT2D eigenvalue weighted by atomic mass is 19.1. The average molecular weight is 449 g/mol. The summed E-state index contributed by atoms with van der Waals surface area (Å²) in [5, 5.41) is 3.35. The maximum absolute atomic E-state index is 13.9. The van der Waals surface area contributed by atoms with Gasteiger partial charge in [-0.2, -0.15) is 0 Å². The van der Waals surface area contributed by atoms with Gasteiger partial charge in [0.15, 0.2) is 0 Å². The van der Waals surface area contributed by atoms with Crippen LogP contribution in [0, 0.1) is 19.7 Å². The third kappa shape index (κ3) is 4.13. The maximum Gasteiger partial charge on any atom is 0.251 e. The molecule has 3 aromatic rings. The van der Waals surface area contributed by atoms with Gasteiger partial charge in [-0.25, -0.2) is 4.39 Å². The van der Waals surface area contributed by atoms with Crippen LogP contribution >= 0.6 is 0 Å². The van der Waals surface area contributed by atoms with Crippen molar-refractivity contribution >= 4 is 17.3 Å². The van der Waals surface area contributed by atoms with Gasteiger partial charge in [0, 0.05) is 24.2 Å². The fourth-order valence-electron chi connectivity index (χ4n) is 4.33. The number of nitrogens with zero attached hydrogens (tertiary/aromatic N) is 1. The molecule has 0 saturated heterocycles. The van der Waals surface area contributed by atoms with Crippen LogP contribution in [0.1, 0.15) is 30.5 Å². The molecule has 172 valence electrons. The summed E-state index contributed by atoms with van der Waals surface area (Å²) in [6.07, 6.45) is 0. The van der Waals surface area contributed by atoms with Crippen LogP contribution < -0.4 is 19.7 Å². The van der Waals surface area contributed by atoms with Gasteiger partial charge in [-0.05, 0) is 62.6 Å². The first-order valence-electron chi connectivity index (χ1n) is 10.9. The van der Waals surface area contributed by atoms with E-state index in [-0.39, 0.29) is 18.3 Å². The van der Waals surface area contributed by atoms with E-state index in [9.17, 15) is 9.18 Å². The number of nitrogens with one attached hydrogen (secondary N) is 1. The van der Waals surface area contributed by atoms with E-state index < -0.39 is 5.54 Å². The normalized spacial score (nSPS) is 14.5. The van der Waals surface area contributed by atoms with E-state index in [0.717, 1.165) is 44.9 Å². The van der Waals surface area contributed by atoms with E-state index in [1.807, 2.05) is 58.0 Å². The number of halogens is 1. The molecule has 0 atom stereocenters. The Bertz CT molecular complexity index is 1240. The van der Waals surface area contributed by atoms with Crippen LogP contribution in [0.5, 0.6) is 11.5 Å². The molecule has 1 amide bonds. The minimum absolute atomic E-state index is 0.0498. The van der Waals surface area contributed by atoms with Crippen molar-refractivity contribution in [2.24, 2.45) is 0 Å². The van der Waals surface area contributed by atoms with Gasteiger partial charge in [0.25, 0.3) is 5.91 Å². The van der Waals surface area contributed by atoms with Crippen LogP contribution in [-0.4, -0.2) is 25.6 Å². The third-order valence-corrected chi connectivity index (χ3v) is 6.07. The van der Waals surface area contributed by atoms with Crippen molar-refractivity contribution in [3.05, 3.63) is 71.0 Å². The van der Waals surface area contributed by atoms with Crippen molar-refractivity contribution in [3.63, 3.8) is 0 Å². The number of fused-ring (bicyclic) bond motifs is 1. The van der Waals surface area contributed by atoms with Crippen molar-refractivity contribution < 1.29 is 18.7 Å². The monoisotopic (exact) mass is 448 g/mol. The van der Waals surface area contributed by atoms with Gasteiger partial charge in [0.05, 0.1) is 18.5 Å². The number of hydrogen-bond acceptors (Lipinski definition) is 4. The Kier molecular flexibility index (Phi) is 5.78. The van der Waals surface area contributed by atoms with Crippen molar-refractivity contribution in [2.45, 2.75) is 39.8 Å². The number of hydrogen-bond donors (Lipinski definition) is 1. The summed E-state index contributed by atoms with van der Waals surface area (Å²) in [5.74, 6) is 0.789. The summed E-state index contributed by atoms with van der Waals surface area (Å²) < 4.78 is 25.7. The quantitative estimate of drug-likeness (QED) is 0.531. The zero-order valence-electron chi connectivity index (χ0n) is 19.9. The molecule has 3 aromatic carbocycles. The molecule has 33 heavy (non-hydrogen) atoms. The molecule has 0 saturated carbocycles. The fraction of sp³-hybridized carbons (Fsp3) is 0.296. The first-order chi connectivity index (χ1) is 15.6. The average Bonchev–Trinajstić information content (AvgIpc) is 2.77. The molecule has 6 heteroatoms. The SMILES string of the molecule is COc1cc(C)ccc1-c1ccc2c(c1COc1cc(F)ccc1C)N(C)C(=O)C(C)(C)N2. The highest BCUT2D eigenvalue weighted by molar-refractivity contribution is 6.08. The zero-order valence-corrected chi connectivity index (χ0v) is 19.9. The van der Waals surface area contributed by atoms with E-state index in [1.165, 1.54) is 12.1 Å². The van der Waals surface area contributed by atoms with Gasteiger partial charge in [-0.15, -0.1) is 0 Å². The number of anilines is 2. The standard InChI is InChI=1S/C27H29FN2O3/c1-16-7-10-20(24(13-16)32-6)19-11-12-22-25(30(5)26(31)27(3,4)29-22)21(19)15-33-23-14-18(28)9-8-17(23)2/h7-14,29H,15H2,1-6H3. The largest absolute Gasteiger partial charge is 0.496 e. The number of carbonyl (C=O) groups is 1. The summed E-state index contributed by atoms with van der Waals surface area (Å²) in [5.41, 5.74) is 5.36. The van der Waals surface area contributed by atoms with Crippen LogP contribution in [0.25, 0.3) is 11.1 Å². The Hall–Kier alpha value is -3.54. The van der Waals surface area contributed by atoms with E-state index in [0.29, 0.717) is 5.75 Å². The predicted octanol–water partition coefficient (Wildman–Crippen LogP) is 5.86. The highest BCUT2D eigenvalue weighted by Gasteiger charge is 2.38. The lowest BCUT2D eigenvalue weighted by molar-refractivity contribution is -0.121. The lowest BCUT2D eigenvalue weighted by Gasteiger charge is -2.39. The van der Waals surface area contributed by atoms with Gasteiger partial charge in [0.2, 0.25) is 0 Å². The van der Waals surface area contributed by atoms with Crippen LogP contribution in [0.4, 0.5) is 15.8 Å². The second-order valence-corrected chi connectivity index (χ2v) is 9.00. The summed E-state index contributed by atoms with van der Waals surface area (Å²) in [7, 11) is 3.42. The van der Waals surface area contributed by atoms with Crippen molar-refractivity contribution in [1.82, 2.24) is 0 Å². The minimum Gasteiger partial charge on any atom is -0.496 e. The van der Waals surface area contributed by atoms with E-state index in [2.05, 4.69) is 5.32 Å². The van der Waals surface area contributed by atoms with Crippen LogP contribution in [0.2, 0.25) is 0 Å². The molecule has 0 spiro atoms. The number of carbonyl (C=O) groups excluding carboxylic acids is 1. The topological polar surface area (TPSA) is 50.8 Å². The van der Waals surface area contributed by atoms with Crippen molar-refractivity contribution in [2.75, 3.05) is 24.4 Å². The van der Waals surface area contributed by atoms with E-state index in [1.54, 1.807) is 25.1 Å². The number of aryl methyl sites for hydroxylation is 2. The molecular formula is C27H29FN2O3. The number of amides is 1. The summed E-state index contributed by atoms with van der Waals surface area (Å²) in [6.45, 7) is 7.75. The van der Waals surface area contributed by atoms with Gasteiger partial charge >= 0.3 is 0 Å². The lowest BCUT2D eigenvalue weighted by atomic mass is 9.91. The number of rotatable bonds is 5. The Morgan fingerprint density at radius 2 is 1.73 bits per heavy atom. The van der Waals surface area contributed by atoms with Crippen LogP contribution in [-0.2, 0) is 11.4 Å². The van der Waals surface area contributed by atoms with E-state index in [4.69, 9.17) is 9.47 Å². The summed E-state index contributed by atoms with van der Waals surface area (Å²) in [6, 6.07) is 14.5. The van der Waals surface area contributed by atoms with Gasteiger partial charge in [0.1, 0.15) is 29.5 Å². The minimum atomic E-state index is -0.734. The first kappa shape index (κ1) is 22.6. The molecule has 4 rings (SSSR count). The lowest BCUT2D eigenvalue weighted by Crippen LogP contribution is -2.52. The molecule has 1 N–H and O–H groups in total. The number of likely N-dealkylation sites (N-methyl/N-ethyl adjacent to an activating group) is 1. The van der Waals surface area contributed by atoms with E-state index >= 15 is 0 Å². The molecular weight excluding hydrogens is 419 g/mol. The van der Waals surface area contributed by atoms with Crippen LogP contribution in [0.3, 0.4) is 0 Å². The number of benzene rings is 3. The first-order valence-corrected chi connectivity index (χ1v) is 10.9. The molecule has 0 aromatic heterocycles. The smallest absolute Gasteiger partial charge is 0.251 e. The molecule has 0 aliphatic carbocycles. The molecule has 1 heterocycles. The van der Waals surface area contributed by atoms with Crippen molar-refractivity contribution in [3.8, 4) is 22.6 Å². The molecule has 1 aliphatic rings. The highest BCUT2D eigenvalue weighted by Crippen LogP contribution is 2.44. The van der Waals surface area contributed by atoms with Gasteiger partial charge in [-0.3, -0.25) is 4.79 Å².